The van der Waals surface area contributed by atoms with Gasteiger partial charge >= 0.3 is 0 Å². The molecule has 0 amide bonds. The molecule has 3 N–H and O–H groups in total. The lowest BCUT2D eigenvalue weighted by Gasteiger charge is -2.27. The number of nitrogens with two attached hydrogens (primary N) is 1. The van der Waals surface area contributed by atoms with E-state index in [1.807, 2.05) is 18.2 Å². The second-order valence-corrected chi connectivity index (χ2v) is 5.42. The molecule has 2 aromatic rings. The highest BCUT2D eigenvalue weighted by Crippen LogP contribution is 2.16. The van der Waals surface area contributed by atoms with Crippen molar-refractivity contribution in [1.82, 2.24) is 14.9 Å². The second kappa shape index (κ2) is 6.20. The van der Waals surface area contributed by atoms with Gasteiger partial charge in [-0.2, -0.15) is 0 Å². The lowest BCUT2D eigenvalue weighted by atomic mass is 10.1. The topological polar surface area (TPSA) is 75.0 Å². The van der Waals surface area contributed by atoms with Crippen LogP contribution in [0.1, 0.15) is 22.6 Å². The number of nitrogens with one attached hydrogen (secondary N) is 1. The van der Waals surface area contributed by atoms with E-state index in [2.05, 4.69) is 27.0 Å². The molecule has 0 fully saturated rings. The highest BCUT2D eigenvalue weighted by atomic mass is 16.1. The van der Waals surface area contributed by atoms with Crippen molar-refractivity contribution in [1.29, 1.82) is 0 Å². The second-order valence-electron chi connectivity index (χ2n) is 5.42. The average molecular weight is 284 g/mol. The highest BCUT2D eigenvalue weighted by molar-refractivity contribution is 5.22. The first-order chi connectivity index (χ1) is 10.3. The van der Waals surface area contributed by atoms with Crippen molar-refractivity contribution in [3.8, 4) is 0 Å². The molecule has 0 saturated heterocycles. The van der Waals surface area contributed by atoms with Gasteiger partial charge < -0.3 is 10.7 Å². The maximum Gasteiger partial charge on any atom is 0.255 e. The van der Waals surface area contributed by atoms with Crippen LogP contribution in [0.3, 0.4) is 0 Å². The molecule has 0 bridgehead atoms. The number of fused-ring (bicyclic) bond motifs is 1. The Morgan fingerprint density at radius 2 is 2.10 bits per heavy atom. The van der Waals surface area contributed by atoms with Gasteiger partial charge in [0.1, 0.15) is 5.82 Å². The molecule has 1 aliphatic rings. The number of aromatic nitrogens is 2. The van der Waals surface area contributed by atoms with Crippen LogP contribution in [0, 0.1) is 0 Å². The van der Waals surface area contributed by atoms with Gasteiger partial charge in [0, 0.05) is 32.5 Å². The zero-order valence-corrected chi connectivity index (χ0v) is 12.0. The standard InChI is InChI=1S/C16H20N4O/c17-8-6-15-18-14-7-9-20(11-13(14)16(21)19-15)10-12-4-2-1-3-5-12/h1-5H,6-11,17H2,(H,18,19,21). The van der Waals surface area contributed by atoms with Crippen LogP contribution in [0.2, 0.25) is 0 Å². The van der Waals surface area contributed by atoms with Gasteiger partial charge in [0.2, 0.25) is 0 Å². The Bertz CT molecular complexity index is 666. The predicted octanol–water partition coefficient (Wildman–Crippen LogP) is 0.829. The van der Waals surface area contributed by atoms with Gasteiger partial charge in [0.25, 0.3) is 5.56 Å². The summed E-state index contributed by atoms with van der Waals surface area (Å²) < 4.78 is 0. The normalized spacial score (nSPS) is 14.9. The van der Waals surface area contributed by atoms with Crippen LogP contribution < -0.4 is 11.3 Å². The molecule has 1 aromatic carbocycles. The first kappa shape index (κ1) is 14.0. The quantitative estimate of drug-likeness (QED) is 0.872. The lowest BCUT2D eigenvalue weighted by Crippen LogP contribution is -2.36. The summed E-state index contributed by atoms with van der Waals surface area (Å²) in [6.07, 6.45) is 1.44. The zero-order chi connectivity index (χ0) is 14.7. The summed E-state index contributed by atoms with van der Waals surface area (Å²) in [5.41, 5.74) is 8.52. The van der Waals surface area contributed by atoms with Crippen molar-refractivity contribution < 1.29 is 0 Å². The molecule has 1 aliphatic heterocycles. The molecule has 0 unspecified atom stereocenters. The SMILES string of the molecule is NCCc1nc2c(c(=O)[nH]1)CN(Cc1ccccc1)CC2. The number of hydrogen-bond acceptors (Lipinski definition) is 4. The van der Waals surface area contributed by atoms with E-state index in [1.165, 1.54) is 5.56 Å². The van der Waals surface area contributed by atoms with Crippen LogP contribution in [0.5, 0.6) is 0 Å². The summed E-state index contributed by atoms with van der Waals surface area (Å²) >= 11 is 0. The number of aromatic amines is 1. The van der Waals surface area contributed by atoms with E-state index in [0.29, 0.717) is 25.3 Å². The number of nitrogens with zero attached hydrogens (tertiary/aromatic N) is 2. The maximum atomic E-state index is 12.2. The van der Waals surface area contributed by atoms with Gasteiger partial charge in [-0.05, 0) is 12.1 Å². The Labute approximate surface area is 123 Å². The molecule has 5 heteroatoms. The molecule has 2 heterocycles. The fourth-order valence-electron chi connectivity index (χ4n) is 2.76. The van der Waals surface area contributed by atoms with Gasteiger partial charge in [-0.15, -0.1) is 0 Å². The molecular formula is C16H20N4O. The number of benzene rings is 1. The van der Waals surface area contributed by atoms with Crippen LogP contribution in [0.15, 0.2) is 35.1 Å². The van der Waals surface area contributed by atoms with Crippen LogP contribution in [-0.2, 0) is 25.9 Å². The van der Waals surface area contributed by atoms with Crippen molar-refractivity contribution in [2.24, 2.45) is 5.73 Å². The third-order valence-corrected chi connectivity index (χ3v) is 3.83. The fourth-order valence-corrected chi connectivity index (χ4v) is 2.76. The van der Waals surface area contributed by atoms with Gasteiger partial charge in [0.15, 0.2) is 0 Å². The van der Waals surface area contributed by atoms with Gasteiger partial charge in [-0.1, -0.05) is 30.3 Å². The van der Waals surface area contributed by atoms with E-state index in [0.717, 1.165) is 30.8 Å². The Kier molecular flexibility index (Phi) is 4.13. The van der Waals surface area contributed by atoms with Crippen molar-refractivity contribution >= 4 is 0 Å². The number of H-pyrrole nitrogens is 1. The monoisotopic (exact) mass is 284 g/mol. The molecule has 0 saturated carbocycles. The summed E-state index contributed by atoms with van der Waals surface area (Å²) in [7, 11) is 0. The third-order valence-electron chi connectivity index (χ3n) is 3.83. The maximum absolute atomic E-state index is 12.2. The Balaban J connectivity index is 1.78. The smallest absolute Gasteiger partial charge is 0.255 e. The minimum absolute atomic E-state index is 0.0128. The van der Waals surface area contributed by atoms with Crippen molar-refractivity contribution in [3.63, 3.8) is 0 Å². The minimum atomic E-state index is -0.0128. The van der Waals surface area contributed by atoms with Crippen molar-refractivity contribution in [2.45, 2.75) is 25.9 Å². The van der Waals surface area contributed by atoms with Crippen molar-refractivity contribution in [2.75, 3.05) is 13.1 Å². The van der Waals surface area contributed by atoms with Crippen molar-refractivity contribution in [3.05, 3.63) is 63.3 Å². The molecule has 3 rings (SSSR count). The third kappa shape index (κ3) is 3.20. The molecule has 0 radical (unpaired) electrons. The largest absolute Gasteiger partial charge is 0.330 e. The first-order valence-electron chi connectivity index (χ1n) is 7.33. The van der Waals surface area contributed by atoms with E-state index in [4.69, 9.17) is 5.73 Å². The predicted molar refractivity (Wildman–Crippen MR) is 81.9 cm³/mol. The van der Waals surface area contributed by atoms with E-state index in [-0.39, 0.29) is 5.56 Å². The Hall–Kier alpha value is -1.98. The van der Waals surface area contributed by atoms with Crippen LogP contribution >= 0.6 is 0 Å². The average Bonchev–Trinajstić information content (AvgIpc) is 2.49. The molecule has 0 atom stereocenters. The van der Waals surface area contributed by atoms with E-state index < -0.39 is 0 Å². The summed E-state index contributed by atoms with van der Waals surface area (Å²) in [6, 6.07) is 10.3. The Morgan fingerprint density at radius 3 is 2.86 bits per heavy atom. The highest BCUT2D eigenvalue weighted by Gasteiger charge is 2.20. The minimum Gasteiger partial charge on any atom is -0.330 e. The van der Waals surface area contributed by atoms with Crippen LogP contribution in [0.4, 0.5) is 0 Å². The lowest BCUT2D eigenvalue weighted by molar-refractivity contribution is 0.241. The summed E-state index contributed by atoms with van der Waals surface area (Å²) in [4.78, 5) is 21.9. The molecule has 110 valence electrons. The van der Waals surface area contributed by atoms with Crippen LogP contribution in [-0.4, -0.2) is 28.0 Å². The van der Waals surface area contributed by atoms with Gasteiger partial charge in [0.05, 0.1) is 11.3 Å². The van der Waals surface area contributed by atoms with Gasteiger partial charge in [-0.25, -0.2) is 4.98 Å². The molecule has 1 aromatic heterocycles. The molecule has 0 aliphatic carbocycles. The summed E-state index contributed by atoms with van der Waals surface area (Å²) in [5, 5.41) is 0. The fraction of sp³-hybridized carbons (Fsp3) is 0.375. The van der Waals surface area contributed by atoms with E-state index >= 15 is 0 Å². The molecule has 5 nitrogen and oxygen atoms in total. The first-order valence-corrected chi connectivity index (χ1v) is 7.33. The molecule has 0 spiro atoms. The van der Waals surface area contributed by atoms with E-state index in [9.17, 15) is 4.79 Å². The van der Waals surface area contributed by atoms with Gasteiger partial charge in [-0.3, -0.25) is 9.69 Å². The number of hydrogen-bond donors (Lipinski definition) is 2. The molecule has 21 heavy (non-hydrogen) atoms. The summed E-state index contributed by atoms with van der Waals surface area (Å²) in [5.74, 6) is 0.706. The number of rotatable bonds is 4. The zero-order valence-electron chi connectivity index (χ0n) is 12.0. The molecular weight excluding hydrogens is 264 g/mol. The van der Waals surface area contributed by atoms with E-state index in [1.54, 1.807) is 0 Å². The summed E-state index contributed by atoms with van der Waals surface area (Å²) in [6.45, 7) is 2.96. The Morgan fingerprint density at radius 1 is 1.29 bits per heavy atom. The van der Waals surface area contributed by atoms with Crippen LogP contribution in [0.25, 0.3) is 0 Å².